The van der Waals surface area contributed by atoms with Gasteiger partial charge in [0, 0.05) is 9.79 Å². The van der Waals surface area contributed by atoms with E-state index < -0.39 is 0 Å². The van der Waals surface area contributed by atoms with Crippen LogP contribution in [0, 0.1) is 0 Å². The first-order valence-corrected chi connectivity index (χ1v) is 6.72. The third-order valence-electron chi connectivity index (χ3n) is 2.95. The van der Waals surface area contributed by atoms with Crippen molar-refractivity contribution >= 4 is 23.1 Å². The molecule has 3 rings (SSSR count). The molecule has 0 unspecified atom stereocenters. The summed E-state index contributed by atoms with van der Waals surface area (Å²) in [5, 5.41) is 3.52. The molecule has 0 saturated heterocycles. The molecular formula is C15H14N2S. The molecule has 0 aliphatic carbocycles. The topological polar surface area (TPSA) is 38.0 Å². The second-order valence-corrected chi connectivity index (χ2v) is 5.23. The third-order valence-corrected chi connectivity index (χ3v) is 4.09. The molecule has 1 aliphatic rings. The third kappa shape index (κ3) is 1.97. The first-order valence-electron chi connectivity index (χ1n) is 5.91. The van der Waals surface area contributed by atoms with Gasteiger partial charge in [0.1, 0.15) is 0 Å². The number of rotatable bonds is 2. The van der Waals surface area contributed by atoms with E-state index in [1.54, 1.807) is 6.20 Å². The Kier molecular flexibility index (Phi) is 2.99. The number of benzene rings is 2. The number of hydrogen-bond donors (Lipinski definition) is 2. The first-order chi connectivity index (χ1) is 8.88. The lowest BCUT2D eigenvalue weighted by atomic mass is 10.1. The Bertz CT molecular complexity index is 605. The van der Waals surface area contributed by atoms with Gasteiger partial charge in [0.05, 0.1) is 11.4 Å². The molecule has 18 heavy (non-hydrogen) atoms. The van der Waals surface area contributed by atoms with Gasteiger partial charge in [-0.05, 0) is 36.4 Å². The van der Waals surface area contributed by atoms with E-state index in [9.17, 15) is 0 Å². The van der Waals surface area contributed by atoms with Crippen LogP contribution in [0.1, 0.15) is 5.56 Å². The van der Waals surface area contributed by atoms with Gasteiger partial charge < -0.3 is 11.1 Å². The highest BCUT2D eigenvalue weighted by Gasteiger charge is 2.16. The van der Waals surface area contributed by atoms with Crippen molar-refractivity contribution in [3.05, 3.63) is 60.3 Å². The van der Waals surface area contributed by atoms with Crippen LogP contribution in [0.4, 0.5) is 11.4 Å². The zero-order chi connectivity index (χ0) is 12.4. The van der Waals surface area contributed by atoms with Crippen LogP contribution >= 0.6 is 11.8 Å². The van der Waals surface area contributed by atoms with E-state index in [2.05, 4.69) is 47.8 Å². The Hall–Kier alpha value is -1.87. The van der Waals surface area contributed by atoms with Crippen LogP contribution in [-0.2, 0) is 6.42 Å². The number of fused-ring (bicyclic) bond motifs is 2. The van der Waals surface area contributed by atoms with Gasteiger partial charge in [-0.3, -0.25) is 0 Å². The first kappa shape index (κ1) is 11.2. The van der Waals surface area contributed by atoms with E-state index >= 15 is 0 Å². The summed E-state index contributed by atoms with van der Waals surface area (Å²) in [6.07, 6.45) is 4.43. The zero-order valence-electron chi connectivity index (χ0n) is 9.89. The number of nitrogens with one attached hydrogen (secondary N) is 1. The van der Waals surface area contributed by atoms with Crippen molar-refractivity contribution in [1.29, 1.82) is 0 Å². The molecule has 0 radical (unpaired) electrons. The van der Waals surface area contributed by atoms with Gasteiger partial charge >= 0.3 is 0 Å². The van der Waals surface area contributed by atoms with Gasteiger partial charge in [0.15, 0.2) is 0 Å². The molecule has 0 fully saturated rings. The summed E-state index contributed by atoms with van der Waals surface area (Å²) in [5.74, 6) is 0. The highest BCUT2D eigenvalue weighted by molar-refractivity contribution is 7.99. The van der Waals surface area contributed by atoms with E-state index in [4.69, 9.17) is 5.73 Å². The quantitative estimate of drug-likeness (QED) is 0.728. The van der Waals surface area contributed by atoms with E-state index in [1.807, 2.05) is 17.8 Å². The smallest absolute Gasteiger partial charge is 0.0562 e. The molecule has 0 atom stereocenters. The van der Waals surface area contributed by atoms with E-state index in [0.29, 0.717) is 0 Å². The van der Waals surface area contributed by atoms with Gasteiger partial charge in [-0.1, -0.05) is 42.1 Å². The van der Waals surface area contributed by atoms with Gasteiger partial charge in [0.2, 0.25) is 0 Å². The maximum Gasteiger partial charge on any atom is 0.0562 e. The molecule has 1 heterocycles. The Labute approximate surface area is 111 Å². The van der Waals surface area contributed by atoms with Crippen LogP contribution in [0.2, 0.25) is 0 Å². The normalized spacial score (nSPS) is 12.9. The molecule has 2 nitrogen and oxygen atoms in total. The van der Waals surface area contributed by atoms with Crippen molar-refractivity contribution in [1.82, 2.24) is 0 Å². The van der Waals surface area contributed by atoms with Crippen molar-refractivity contribution in [2.75, 3.05) is 5.32 Å². The summed E-state index contributed by atoms with van der Waals surface area (Å²) in [4.78, 5) is 2.55. The summed E-state index contributed by atoms with van der Waals surface area (Å²) in [6.45, 7) is 0. The van der Waals surface area contributed by atoms with Crippen molar-refractivity contribution in [2.24, 2.45) is 5.73 Å². The maximum absolute atomic E-state index is 5.42. The van der Waals surface area contributed by atoms with Gasteiger partial charge in [-0.25, -0.2) is 0 Å². The molecule has 1 aliphatic heterocycles. The lowest BCUT2D eigenvalue weighted by molar-refractivity contribution is 1.20. The molecule has 90 valence electrons. The standard InChI is InChI=1S/C15H14N2S/c16-10-4-6-11-5-3-9-14-15(11)17-12-7-1-2-8-13(12)18-14/h1-5,7-10,17H,6,16H2. The fourth-order valence-corrected chi connectivity index (χ4v) is 3.12. The predicted octanol–water partition coefficient (Wildman–Crippen LogP) is 3.91. The maximum atomic E-state index is 5.42. The highest BCUT2D eigenvalue weighted by Crippen LogP contribution is 2.45. The van der Waals surface area contributed by atoms with Crippen molar-refractivity contribution in [2.45, 2.75) is 16.2 Å². The fraction of sp³-hybridized carbons (Fsp3) is 0.0667. The molecule has 3 N–H and O–H groups in total. The molecule has 0 spiro atoms. The van der Waals surface area contributed by atoms with Crippen molar-refractivity contribution < 1.29 is 0 Å². The van der Waals surface area contributed by atoms with Crippen molar-refractivity contribution in [3.63, 3.8) is 0 Å². The largest absolute Gasteiger partial charge is 0.405 e. The molecule has 2 aromatic rings. The Morgan fingerprint density at radius 3 is 2.78 bits per heavy atom. The second-order valence-electron chi connectivity index (χ2n) is 4.15. The van der Waals surface area contributed by atoms with Crippen LogP contribution in [0.25, 0.3) is 0 Å². The molecule has 0 bridgehead atoms. The van der Waals surface area contributed by atoms with Gasteiger partial charge in [-0.2, -0.15) is 0 Å². The Morgan fingerprint density at radius 1 is 1.06 bits per heavy atom. The molecular weight excluding hydrogens is 240 g/mol. The van der Waals surface area contributed by atoms with Crippen LogP contribution < -0.4 is 11.1 Å². The lowest BCUT2D eigenvalue weighted by Gasteiger charge is -2.22. The SMILES string of the molecule is NC=CCc1cccc2c1Nc1ccccc1S2. The van der Waals surface area contributed by atoms with Gasteiger partial charge in [-0.15, -0.1) is 0 Å². The minimum atomic E-state index is 0.857. The molecule has 0 aromatic heterocycles. The zero-order valence-corrected chi connectivity index (χ0v) is 10.7. The predicted molar refractivity (Wildman–Crippen MR) is 77.3 cm³/mol. The summed E-state index contributed by atoms with van der Waals surface area (Å²) in [5.41, 5.74) is 9.08. The monoisotopic (exact) mass is 254 g/mol. The number of para-hydroxylation sites is 2. The van der Waals surface area contributed by atoms with Crippen LogP contribution in [-0.4, -0.2) is 0 Å². The summed E-state index contributed by atoms with van der Waals surface area (Å²) < 4.78 is 0. The molecule has 2 aromatic carbocycles. The summed E-state index contributed by atoms with van der Waals surface area (Å²) in [6, 6.07) is 14.8. The van der Waals surface area contributed by atoms with Crippen molar-refractivity contribution in [3.8, 4) is 0 Å². The lowest BCUT2D eigenvalue weighted by Crippen LogP contribution is -2.02. The van der Waals surface area contributed by atoms with Crippen LogP contribution in [0.3, 0.4) is 0 Å². The molecule has 3 heteroatoms. The average Bonchev–Trinajstić information content (AvgIpc) is 2.43. The fourth-order valence-electron chi connectivity index (χ4n) is 2.08. The van der Waals surface area contributed by atoms with E-state index in [1.165, 1.54) is 26.7 Å². The van der Waals surface area contributed by atoms with Crippen LogP contribution in [0.15, 0.2) is 64.5 Å². The summed E-state index contributed by atoms with van der Waals surface area (Å²) in [7, 11) is 0. The number of hydrogen-bond acceptors (Lipinski definition) is 3. The number of nitrogens with two attached hydrogens (primary N) is 1. The second kappa shape index (κ2) is 4.78. The minimum Gasteiger partial charge on any atom is -0.405 e. The van der Waals surface area contributed by atoms with E-state index in [0.717, 1.165) is 6.42 Å². The number of allylic oxidation sites excluding steroid dienone is 1. The number of anilines is 2. The van der Waals surface area contributed by atoms with Crippen LogP contribution in [0.5, 0.6) is 0 Å². The summed E-state index contributed by atoms with van der Waals surface area (Å²) >= 11 is 1.81. The minimum absolute atomic E-state index is 0.857. The van der Waals surface area contributed by atoms with E-state index in [-0.39, 0.29) is 0 Å². The Balaban J connectivity index is 2.02. The highest BCUT2D eigenvalue weighted by atomic mass is 32.2. The Morgan fingerprint density at radius 2 is 1.89 bits per heavy atom. The molecule has 0 amide bonds. The molecule has 0 saturated carbocycles. The van der Waals surface area contributed by atoms with Gasteiger partial charge in [0.25, 0.3) is 0 Å². The average molecular weight is 254 g/mol.